The fraction of sp³-hybridized carbons (Fsp3) is 0.200. The van der Waals surface area contributed by atoms with Crippen LogP contribution in [0.4, 0.5) is 17.1 Å². The van der Waals surface area contributed by atoms with E-state index < -0.39 is 0 Å². The molecule has 0 bridgehead atoms. The molecule has 0 amide bonds. The summed E-state index contributed by atoms with van der Waals surface area (Å²) in [5.41, 5.74) is 7.73. The number of benzene rings is 4. The second kappa shape index (κ2) is 9.26. The van der Waals surface area contributed by atoms with E-state index in [9.17, 15) is 15.3 Å². The van der Waals surface area contributed by atoms with Gasteiger partial charge in [0.2, 0.25) is 0 Å². The van der Waals surface area contributed by atoms with Crippen LogP contribution < -0.4 is 9.64 Å². The number of phenols is 3. The van der Waals surface area contributed by atoms with Crippen molar-refractivity contribution < 1.29 is 20.1 Å². The van der Waals surface area contributed by atoms with Crippen LogP contribution in [0.3, 0.4) is 0 Å². The van der Waals surface area contributed by atoms with E-state index in [-0.39, 0.29) is 17.2 Å². The third-order valence-electron chi connectivity index (χ3n) is 6.52. The van der Waals surface area contributed by atoms with E-state index in [1.54, 1.807) is 24.3 Å². The first-order valence-corrected chi connectivity index (χ1v) is 11.5. The van der Waals surface area contributed by atoms with Crippen molar-refractivity contribution in [1.29, 1.82) is 0 Å². The van der Waals surface area contributed by atoms with Crippen molar-refractivity contribution in [3.8, 4) is 28.7 Å². The maximum Gasteiger partial charge on any atom is 0.130 e. The Labute approximate surface area is 206 Å². The molecule has 0 aliphatic heterocycles. The first-order chi connectivity index (χ1) is 16.6. The molecule has 5 nitrogen and oxygen atoms in total. The average molecular weight is 470 g/mol. The van der Waals surface area contributed by atoms with E-state index in [0.29, 0.717) is 11.5 Å². The molecule has 180 valence electrons. The predicted molar refractivity (Wildman–Crippen MR) is 141 cm³/mol. The van der Waals surface area contributed by atoms with Gasteiger partial charge in [0.1, 0.15) is 28.7 Å². The van der Waals surface area contributed by atoms with Crippen LogP contribution in [0.15, 0.2) is 60.7 Å². The quantitative estimate of drug-likeness (QED) is 0.277. The molecule has 0 aliphatic carbocycles. The van der Waals surface area contributed by atoms with Crippen LogP contribution in [-0.4, -0.2) is 15.3 Å². The van der Waals surface area contributed by atoms with Crippen molar-refractivity contribution in [2.24, 2.45) is 0 Å². The Morgan fingerprint density at radius 1 is 0.571 bits per heavy atom. The molecular formula is C30H31NO4. The molecule has 0 heterocycles. The van der Waals surface area contributed by atoms with Crippen LogP contribution in [0.1, 0.15) is 33.4 Å². The number of nitrogens with zero attached hydrogens (tertiary/aromatic N) is 1. The largest absolute Gasteiger partial charge is 0.508 e. The third kappa shape index (κ3) is 4.62. The van der Waals surface area contributed by atoms with Gasteiger partial charge < -0.3 is 25.0 Å². The summed E-state index contributed by atoms with van der Waals surface area (Å²) in [6, 6.07) is 18.7. The molecule has 4 rings (SSSR count). The molecule has 4 aromatic rings. The second-order valence-corrected chi connectivity index (χ2v) is 9.12. The molecule has 0 atom stereocenters. The molecule has 3 N–H and O–H groups in total. The lowest BCUT2D eigenvalue weighted by atomic mass is 10.0. The Morgan fingerprint density at radius 3 is 1.71 bits per heavy atom. The van der Waals surface area contributed by atoms with Gasteiger partial charge in [0.05, 0.1) is 0 Å². The van der Waals surface area contributed by atoms with E-state index in [1.165, 1.54) is 0 Å². The van der Waals surface area contributed by atoms with Crippen LogP contribution in [-0.2, 0) is 0 Å². The first kappa shape index (κ1) is 24.0. The number of aryl methyl sites for hydroxylation is 4. The van der Waals surface area contributed by atoms with Crippen LogP contribution >= 0.6 is 0 Å². The zero-order valence-electron chi connectivity index (χ0n) is 21.0. The summed E-state index contributed by atoms with van der Waals surface area (Å²) in [6.07, 6.45) is 0. The lowest BCUT2D eigenvalue weighted by molar-refractivity contribution is 0.457. The summed E-state index contributed by atoms with van der Waals surface area (Å²) in [5, 5.41) is 30.5. The van der Waals surface area contributed by atoms with Crippen molar-refractivity contribution in [3.63, 3.8) is 0 Å². The standard InChI is InChI=1S/C30H31NO4/c1-17-14-28(33)19(3)12-25(17)31(26-13-20(4)29(34)15-18(26)2)23-8-7-9-24(16-23)35-30-11-10-27(32)21(5)22(30)6/h7-16,32-34H,1-6H3. The molecule has 0 saturated carbocycles. The summed E-state index contributed by atoms with van der Waals surface area (Å²) in [5.74, 6) is 2.07. The summed E-state index contributed by atoms with van der Waals surface area (Å²) >= 11 is 0. The number of phenolic OH excluding ortho intramolecular Hbond substituents is 3. The van der Waals surface area contributed by atoms with Gasteiger partial charge in [-0.05, 0) is 123 Å². The Bertz CT molecular complexity index is 1370. The highest BCUT2D eigenvalue weighted by Gasteiger charge is 2.20. The number of rotatable bonds is 5. The molecule has 0 spiro atoms. The number of ether oxygens (including phenoxy) is 1. The van der Waals surface area contributed by atoms with Crippen LogP contribution in [0.25, 0.3) is 0 Å². The zero-order valence-corrected chi connectivity index (χ0v) is 21.0. The molecule has 0 fully saturated rings. The molecule has 0 unspecified atom stereocenters. The Hall–Kier alpha value is -4.12. The topological polar surface area (TPSA) is 73.2 Å². The van der Waals surface area contributed by atoms with Crippen molar-refractivity contribution >= 4 is 17.1 Å². The van der Waals surface area contributed by atoms with Gasteiger partial charge in [0.15, 0.2) is 0 Å². The van der Waals surface area contributed by atoms with Gasteiger partial charge in [-0.2, -0.15) is 0 Å². The Balaban J connectivity index is 1.88. The van der Waals surface area contributed by atoms with Gasteiger partial charge in [-0.1, -0.05) is 6.07 Å². The molecule has 0 aromatic heterocycles. The average Bonchev–Trinajstić information content (AvgIpc) is 2.81. The first-order valence-electron chi connectivity index (χ1n) is 11.5. The number of hydrogen-bond donors (Lipinski definition) is 3. The van der Waals surface area contributed by atoms with Crippen molar-refractivity contribution in [2.45, 2.75) is 41.5 Å². The minimum atomic E-state index is 0.242. The monoisotopic (exact) mass is 469 g/mol. The van der Waals surface area contributed by atoms with Crippen molar-refractivity contribution in [1.82, 2.24) is 0 Å². The molecular weight excluding hydrogens is 438 g/mol. The van der Waals surface area contributed by atoms with E-state index in [4.69, 9.17) is 4.74 Å². The van der Waals surface area contributed by atoms with E-state index >= 15 is 0 Å². The summed E-state index contributed by atoms with van der Waals surface area (Å²) < 4.78 is 6.24. The van der Waals surface area contributed by atoms with Crippen LogP contribution in [0.2, 0.25) is 0 Å². The number of aromatic hydroxyl groups is 3. The van der Waals surface area contributed by atoms with Crippen molar-refractivity contribution in [3.05, 3.63) is 94.0 Å². The normalized spacial score (nSPS) is 10.9. The van der Waals surface area contributed by atoms with Gasteiger partial charge in [0, 0.05) is 23.1 Å². The number of anilines is 3. The summed E-state index contributed by atoms with van der Waals surface area (Å²) in [4.78, 5) is 2.12. The molecule has 0 radical (unpaired) electrons. The SMILES string of the molecule is Cc1cc(N(c2cccc(Oc3ccc(O)c(C)c3C)c2)c2cc(C)c(O)cc2C)c(C)cc1O. The van der Waals surface area contributed by atoms with Gasteiger partial charge in [-0.25, -0.2) is 0 Å². The van der Waals surface area contributed by atoms with E-state index in [2.05, 4.69) is 4.90 Å². The lowest BCUT2D eigenvalue weighted by Crippen LogP contribution is -2.13. The second-order valence-electron chi connectivity index (χ2n) is 9.12. The maximum atomic E-state index is 10.3. The van der Waals surface area contributed by atoms with Crippen molar-refractivity contribution in [2.75, 3.05) is 4.90 Å². The Morgan fingerprint density at radius 2 is 1.14 bits per heavy atom. The minimum absolute atomic E-state index is 0.242. The van der Waals surface area contributed by atoms with E-state index in [1.807, 2.05) is 77.9 Å². The highest BCUT2D eigenvalue weighted by molar-refractivity contribution is 5.82. The summed E-state index contributed by atoms with van der Waals surface area (Å²) in [6.45, 7) is 11.5. The van der Waals surface area contributed by atoms with Gasteiger partial charge in [-0.15, -0.1) is 0 Å². The summed E-state index contributed by atoms with van der Waals surface area (Å²) in [7, 11) is 0. The third-order valence-corrected chi connectivity index (χ3v) is 6.52. The highest BCUT2D eigenvalue weighted by atomic mass is 16.5. The fourth-order valence-electron chi connectivity index (χ4n) is 4.17. The van der Waals surface area contributed by atoms with Gasteiger partial charge in [0.25, 0.3) is 0 Å². The lowest BCUT2D eigenvalue weighted by Gasteiger charge is -2.30. The maximum absolute atomic E-state index is 10.3. The highest BCUT2D eigenvalue weighted by Crippen LogP contribution is 2.43. The van der Waals surface area contributed by atoms with E-state index in [0.717, 1.165) is 50.4 Å². The minimum Gasteiger partial charge on any atom is -0.508 e. The molecule has 35 heavy (non-hydrogen) atoms. The zero-order chi connectivity index (χ0) is 25.4. The number of hydrogen-bond acceptors (Lipinski definition) is 5. The molecule has 0 saturated heterocycles. The Kier molecular flexibility index (Phi) is 6.35. The van der Waals surface area contributed by atoms with Crippen LogP contribution in [0, 0.1) is 41.5 Å². The molecule has 5 heteroatoms. The predicted octanol–water partition coefficient (Wildman–Crippen LogP) is 7.92. The van der Waals surface area contributed by atoms with Gasteiger partial charge in [-0.3, -0.25) is 0 Å². The van der Waals surface area contributed by atoms with Gasteiger partial charge >= 0.3 is 0 Å². The molecule has 4 aromatic carbocycles. The molecule has 0 aliphatic rings. The van der Waals surface area contributed by atoms with Crippen LogP contribution in [0.5, 0.6) is 28.7 Å². The fourth-order valence-corrected chi connectivity index (χ4v) is 4.17. The smallest absolute Gasteiger partial charge is 0.130 e.